The number of nitrogens with zero attached hydrogens (tertiary/aromatic N) is 2. The lowest BCUT2D eigenvalue weighted by atomic mass is 10.0. The summed E-state index contributed by atoms with van der Waals surface area (Å²) in [5.41, 5.74) is 1.75. The molecular weight excluding hydrogens is 348 g/mol. The molecular formula is C19H28N4O4. The number of amides is 3. The van der Waals surface area contributed by atoms with Gasteiger partial charge >= 0.3 is 6.09 Å². The van der Waals surface area contributed by atoms with Gasteiger partial charge in [0.2, 0.25) is 11.8 Å². The zero-order valence-corrected chi connectivity index (χ0v) is 15.9. The van der Waals surface area contributed by atoms with Crippen molar-refractivity contribution in [1.29, 1.82) is 0 Å². The Bertz CT molecular complexity index is 654. The molecule has 0 aliphatic carbocycles. The second-order valence-corrected chi connectivity index (χ2v) is 6.78. The van der Waals surface area contributed by atoms with Gasteiger partial charge in [0.25, 0.3) is 0 Å². The largest absolute Gasteiger partial charge is 0.465 e. The molecule has 27 heavy (non-hydrogen) atoms. The Kier molecular flexibility index (Phi) is 7.60. The van der Waals surface area contributed by atoms with Gasteiger partial charge < -0.3 is 25.5 Å². The molecule has 1 aliphatic heterocycles. The van der Waals surface area contributed by atoms with Crippen molar-refractivity contribution in [1.82, 2.24) is 20.4 Å². The third-order valence-corrected chi connectivity index (χ3v) is 4.68. The zero-order chi connectivity index (χ0) is 19.8. The average molecular weight is 376 g/mol. The van der Waals surface area contributed by atoms with Crippen LogP contribution in [0.15, 0.2) is 24.3 Å². The predicted molar refractivity (Wildman–Crippen MR) is 101 cm³/mol. The Hall–Kier alpha value is -2.61. The first-order valence-electron chi connectivity index (χ1n) is 9.20. The lowest BCUT2D eigenvalue weighted by molar-refractivity contribution is -0.137. The maximum absolute atomic E-state index is 12.9. The topological polar surface area (TPSA) is 102 Å². The molecule has 3 N–H and O–H groups in total. The van der Waals surface area contributed by atoms with E-state index in [4.69, 9.17) is 5.11 Å². The molecule has 3 amide bonds. The molecule has 1 fully saturated rings. The van der Waals surface area contributed by atoms with Crippen molar-refractivity contribution in [3.8, 4) is 0 Å². The number of likely N-dealkylation sites (N-methyl/N-ethyl adjacent to an activating group) is 1. The summed E-state index contributed by atoms with van der Waals surface area (Å²) in [6, 6.07) is 6.78. The molecule has 0 radical (unpaired) electrons. The highest BCUT2D eigenvalue weighted by molar-refractivity contribution is 5.88. The van der Waals surface area contributed by atoms with E-state index in [-0.39, 0.29) is 18.4 Å². The van der Waals surface area contributed by atoms with E-state index >= 15 is 0 Å². The number of piperazine rings is 1. The third-order valence-electron chi connectivity index (χ3n) is 4.68. The molecule has 2 rings (SSSR count). The Balaban J connectivity index is 2.04. The van der Waals surface area contributed by atoms with Gasteiger partial charge in [0, 0.05) is 45.6 Å². The number of carbonyl (C=O) groups is 3. The first kappa shape index (κ1) is 20.7. The summed E-state index contributed by atoms with van der Waals surface area (Å²) < 4.78 is 0. The van der Waals surface area contributed by atoms with Crippen LogP contribution in [0, 0.1) is 0 Å². The molecule has 8 nitrogen and oxygen atoms in total. The van der Waals surface area contributed by atoms with E-state index < -0.39 is 12.1 Å². The number of carboxylic acid groups (broad SMARTS) is 1. The molecule has 1 atom stereocenters. The summed E-state index contributed by atoms with van der Waals surface area (Å²) in [5.74, 6) is -0.203. The molecule has 1 aromatic rings. The molecule has 0 spiro atoms. The van der Waals surface area contributed by atoms with Crippen LogP contribution >= 0.6 is 0 Å². The summed E-state index contributed by atoms with van der Waals surface area (Å²) in [4.78, 5) is 39.4. The molecule has 0 saturated carbocycles. The fourth-order valence-corrected chi connectivity index (χ4v) is 2.95. The zero-order valence-electron chi connectivity index (χ0n) is 15.9. The molecule has 1 saturated heterocycles. The Labute approximate surface area is 159 Å². The van der Waals surface area contributed by atoms with Crippen LogP contribution in [-0.2, 0) is 22.6 Å². The maximum Gasteiger partial charge on any atom is 0.404 e. The van der Waals surface area contributed by atoms with Gasteiger partial charge in [-0.15, -0.1) is 0 Å². The first-order valence-corrected chi connectivity index (χ1v) is 9.20. The molecule has 0 aromatic heterocycles. The van der Waals surface area contributed by atoms with E-state index in [9.17, 15) is 14.4 Å². The number of carbonyl (C=O) groups excluding carboxylic acids is 2. The number of rotatable bonds is 7. The molecule has 8 heteroatoms. The van der Waals surface area contributed by atoms with Gasteiger partial charge in [0.05, 0.1) is 0 Å². The van der Waals surface area contributed by atoms with Gasteiger partial charge in [-0.3, -0.25) is 9.59 Å². The molecule has 148 valence electrons. The molecule has 1 heterocycles. The summed E-state index contributed by atoms with van der Waals surface area (Å²) in [7, 11) is 2.03. The fraction of sp³-hybridized carbons (Fsp3) is 0.526. The minimum atomic E-state index is -1.07. The average Bonchev–Trinajstić information content (AvgIpc) is 2.66. The standard InChI is InChI=1S/C19H28N4O4/c1-3-17(24)21-16(18(25)23-10-8-22(2)9-11-23)12-14-4-6-15(7-5-14)13-20-19(26)27/h4-7,16,20H,3,8-13H2,1-2H3,(H,21,24)(H,26,27)/t16-/m1/s1. The van der Waals surface area contributed by atoms with Gasteiger partial charge in [0.1, 0.15) is 6.04 Å². The fourth-order valence-electron chi connectivity index (χ4n) is 2.95. The second kappa shape index (κ2) is 9.91. The maximum atomic E-state index is 12.9. The Morgan fingerprint density at radius 3 is 2.22 bits per heavy atom. The van der Waals surface area contributed by atoms with E-state index in [0.717, 1.165) is 24.2 Å². The summed E-state index contributed by atoms with van der Waals surface area (Å²) in [6.07, 6.45) is -0.338. The smallest absolute Gasteiger partial charge is 0.404 e. The van der Waals surface area contributed by atoms with Gasteiger partial charge in [-0.05, 0) is 18.2 Å². The molecule has 0 bridgehead atoms. The van der Waals surface area contributed by atoms with Crippen LogP contribution in [0.1, 0.15) is 24.5 Å². The second-order valence-electron chi connectivity index (χ2n) is 6.78. The van der Waals surface area contributed by atoms with Crippen molar-refractivity contribution in [2.75, 3.05) is 33.2 Å². The van der Waals surface area contributed by atoms with Gasteiger partial charge in [0.15, 0.2) is 0 Å². The molecule has 1 aromatic carbocycles. The van der Waals surface area contributed by atoms with Gasteiger partial charge in [-0.25, -0.2) is 4.79 Å². The summed E-state index contributed by atoms with van der Waals surface area (Å²) >= 11 is 0. The van der Waals surface area contributed by atoms with Crippen LogP contribution in [0.4, 0.5) is 4.79 Å². The lowest BCUT2D eigenvalue weighted by Gasteiger charge is -2.34. The molecule has 1 aliphatic rings. The summed E-state index contributed by atoms with van der Waals surface area (Å²) in [5, 5.41) is 13.8. The SMILES string of the molecule is CCC(=O)N[C@H](Cc1ccc(CNC(=O)O)cc1)C(=O)N1CCN(C)CC1. The lowest BCUT2D eigenvalue weighted by Crippen LogP contribution is -2.54. The van der Waals surface area contributed by atoms with Crippen LogP contribution < -0.4 is 10.6 Å². The normalized spacial score (nSPS) is 15.9. The van der Waals surface area contributed by atoms with Crippen LogP contribution in [0.3, 0.4) is 0 Å². The summed E-state index contributed by atoms with van der Waals surface area (Å²) in [6.45, 7) is 4.96. The predicted octanol–water partition coefficient (Wildman–Crippen LogP) is 0.666. The van der Waals surface area contributed by atoms with Crippen molar-refractivity contribution in [3.63, 3.8) is 0 Å². The highest BCUT2D eigenvalue weighted by atomic mass is 16.4. The quantitative estimate of drug-likeness (QED) is 0.649. The van der Waals surface area contributed by atoms with Crippen molar-refractivity contribution in [2.24, 2.45) is 0 Å². The van der Waals surface area contributed by atoms with E-state index in [1.807, 2.05) is 36.2 Å². The Morgan fingerprint density at radius 1 is 1.07 bits per heavy atom. The van der Waals surface area contributed by atoms with Crippen LogP contribution in [0.25, 0.3) is 0 Å². The van der Waals surface area contributed by atoms with E-state index in [1.165, 1.54) is 0 Å². The van der Waals surface area contributed by atoms with E-state index in [0.29, 0.717) is 25.9 Å². The van der Waals surface area contributed by atoms with Crippen molar-refractivity contribution >= 4 is 17.9 Å². The Morgan fingerprint density at radius 2 is 1.67 bits per heavy atom. The number of nitrogens with one attached hydrogen (secondary N) is 2. The number of hydrogen-bond donors (Lipinski definition) is 3. The van der Waals surface area contributed by atoms with Crippen molar-refractivity contribution in [3.05, 3.63) is 35.4 Å². The van der Waals surface area contributed by atoms with Crippen molar-refractivity contribution in [2.45, 2.75) is 32.4 Å². The highest BCUT2D eigenvalue weighted by Crippen LogP contribution is 2.11. The first-order chi connectivity index (χ1) is 12.9. The highest BCUT2D eigenvalue weighted by Gasteiger charge is 2.27. The van der Waals surface area contributed by atoms with Crippen molar-refractivity contribution < 1.29 is 19.5 Å². The third kappa shape index (κ3) is 6.56. The van der Waals surface area contributed by atoms with E-state index in [2.05, 4.69) is 15.5 Å². The van der Waals surface area contributed by atoms with Crippen LogP contribution in [-0.4, -0.2) is 72.1 Å². The minimum Gasteiger partial charge on any atom is -0.465 e. The van der Waals surface area contributed by atoms with Crippen LogP contribution in [0.2, 0.25) is 0 Å². The van der Waals surface area contributed by atoms with Crippen LogP contribution in [0.5, 0.6) is 0 Å². The van der Waals surface area contributed by atoms with E-state index in [1.54, 1.807) is 6.92 Å². The van der Waals surface area contributed by atoms with Gasteiger partial charge in [-0.1, -0.05) is 31.2 Å². The molecule has 0 unspecified atom stereocenters. The number of hydrogen-bond acceptors (Lipinski definition) is 4. The number of benzene rings is 1. The minimum absolute atomic E-state index is 0.0541. The monoisotopic (exact) mass is 376 g/mol. The van der Waals surface area contributed by atoms with Gasteiger partial charge in [-0.2, -0.15) is 0 Å².